The van der Waals surface area contributed by atoms with Gasteiger partial charge in [-0.2, -0.15) is 11.3 Å². The summed E-state index contributed by atoms with van der Waals surface area (Å²) >= 11 is 14.2. The van der Waals surface area contributed by atoms with Crippen molar-refractivity contribution in [3.05, 3.63) is 50.7 Å². The highest BCUT2D eigenvalue weighted by Crippen LogP contribution is 2.38. The summed E-state index contributed by atoms with van der Waals surface area (Å²) in [6, 6.07) is 5.50. The maximum Gasteiger partial charge on any atom is 0.123 e. The molecule has 0 aliphatic rings. The van der Waals surface area contributed by atoms with E-state index in [-0.39, 0.29) is 5.38 Å². The van der Waals surface area contributed by atoms with Crippen LogP contribution in [0.5, 0.6) is 5.75 Å². The molecule has 1 unspecified atom stereocenters. The number of rotatable bonds is 3. The smallest absolute Gasteiger partial charge is 0.123 e. The fourth-order valence-electron chi connectivity index (χ4n) is 1.70. The maximum absolute atomic E-state index is 6.50. The second-order valence-corrected chi connectivity index (χ2v) is 5.38. The Labute approximate surface area is 115 Å². The van der Waals surface area contributed by atoms with Crippen LogP contribution in [0, 0.1) is 6.92 Å². The van der Waals surface area contributed by atoms with Gasteiger partial charge in [0.05, 0.1) is 12.5 Å². The Morgan fingerprint density at radius 3 is 2.59 bits per heavy atom. The van der Waals surface area contributed by atoms with E-state index in [1.165, 1.54) is 5.56 Å². The van der Waals surface area contributed by atoms with Crippen LogP contribution >= 0.6 is 34.5 Å². The quantitative estimate of drug-likeness (QED) is 0.718. The zero-order chi connectivity index (χ0) is 12.4. The summed E-state index contributed by atoms with van der Waals surface area (Å²) < 4.78 is 5.32. The summed E-state index contributed by atoms with van der Waals surface area (Å²) in [5.74, 6) is 0.764. The molecule has 0 N–H and O–H groups in total. The first-order chi connectivity index (χ1) is 8.13. The van der Waals surface area contributed by atoms with Crippen LogP contribution in [0.15, 0.2) is 29.0 Å². The van der Waals surface area contributed by atoms with Gasteiger partial charge < -0.3 is 4.74 Å². The van der Waals surface area contributed by atoms with E-state index >= 15 is 0 Å². The van der Waals surface area contributed by atoms with Gasteiger partial charge in [-0.3, -0.25) is 0 Å². The van der Waals surface area contributed by atoms with Crippen LogP contribution < -0.4 is 4.74 Å². The van der Waals surface area contributed by atoms with Crippen molar-refractivity contribution in [2.45, 2.75) is 12.3 Å². The second kappa shape index (κ2) is 5.30. The number of halogens is 2. The van der Waals surface area contributed by atoms with Gasteiger partial charge in [-0.1, -0.05) is 11.6 Å². The predicted molar refractivity (Wildman–Crippen MR) is 74.8 cm³/mol. The molecule has 0 fully saturated rings. The maximum atomic E-state index is 6.50. The molecule has 4 heteroatoms. The Morgan fingerprint density at radius 1 is 1.24 bits per heavy atom. The lowest BCUT2D eigenvalue weighted by atomic mass is 10.0. The third-order valence-corrected chi connectivity index (χ3v) is 4.22. The van der Waals surface area contributed by atoms with E-state index in [2.05, 4.69) is 17.7 Å². The van der Waals surface area contributed by atoms with Gasteiger partial charge in [0.15, 0.2) is 0 Å². The summed E-state index contributed by atoms with van der Waals surface area (Å²) in [5.41, 5.74) is 3.21. The highest BCUT2D eigenvalue weighted by molar-refractivity contribution is 7.08. The predicted octanol–water partition coefficient (Wildman–Crippen LogP) is 5.05. The molecular weight excluding hydrogens is 275 g/mol. The van der Waals surface area contributed by atoms with Crippen LogP contribution in [0.1, 0.15) is 22.1 Å². The minimum Gasteiger partial charge on any atom is -0.496 e. The number of ether oxygens (including phenoxy) is 1. The third kappa shape index (κ3) is 2.59. The van der Waals surface area contributed by atoms with Crippen LogP contribution in [0.2, 0.25) is 5.02 Å². The zero-order valence-electron chi connectivity index (χ0n) is 9.54. The lowest BCUT2D eigenvalue weighted by Crippen LogP contribution is -1.97. The molecule has 2 rings (SSSR count). The van der Waals surface area contributed by atoms with Crippen molar-refractivity contribution in [2.75, 3.05) is 7.11 Å². The Kier molecular flexibility index (Phi) is 3.97. The molecule has 0 aliphatic heterocycles. The number of benzene rings is 1. The van der Waals surface area contributed by atoms with E-state index in [9.17, 15) is 0 Å². The summed E-state index contributed by atoms with van der Waals surface area (Å²) in [6.07, 6.45) is 0. The molecule has 0 radical (unpaired) electrons. The van der Waals surface area contributed by atoms with Crippen molar-refractivity contribution in [1.29, 1.82) is 0 Å². The molecule has 1 nitrogen and oxygen atoms in total. The molecule has 0 bridgehead atoms. The van der Waals surface area contributed by atoms with Crippen LogP contribution in [0.3, 0.4) is 0 Å². The summed E-state index contributed by atoms with van der Waals surface area (Å²) in [6.45, 7) is 2.05. The van der Waals surface area contributed by atoms with Crippen LogP contribution in [0.4, 0.5) is 0 Å². The largest absolute Gasteiger partial charge is 0.496 e. The minimum atomic E-state index is -0.227. The molecule has 0 saturated heterocycles. The molecule has 17 heavy (non-hydrogen) atoms. The lowest BCUT2D eigenvalue weighted by Gasteiger charge is -2.14. The van der Waals surface area contributed by atoms with Gasteiger partial charge in [0.1, 0.15) is 5.75 Å². The first kappa shape index (κ1) is 12.7. The van der Waals surface area contributed by atoms with Crippen LogP contribution in [-0.2, 0) is 0 Å². The average molecular weight is 287 g/mol. The third-order valence-electron chi connectivity index (χ3n) is 2.63. The summed E-state index contributed by atoms with van der Waals surface area (Å²) in [5, 5.41) is 4.59. The number of methoxy groups -OCH3 is 1. The molecule has 90 valence electrons. The number of aryl methyl sites for hydroxylation is 1. The van der Waals surface area contributed by atoms with Crippen molar-refractivity contribution >= 4 is 34.5 Å². The van der Waals surface area contributed by atoms with Gasteiger partial charge in [-0.15, -0.1) is 11.6 Å². The average Bonchev–Trinajstić information content (AvgIpc) is 2.74. The molecule has 0 saturated carbocycles. The van der Waals surface area contributed by atoms with Gasteiger partial charge in [0.2, 0.25) is 0 Å². The van der Waals surface area contributed by atoms with Crippen molar-refractivity contribution in [3.8, 4) is 5.75 Å². The Hall–Kier alpha value is -0.700. The number of thiophene rings is 1. The first-order valence-corrected chi connectivity index (χ1v) is 6.89. The Morgan fingerprint density at radius 2 is 2.00 bits per heavy atom. The van der Waals surface area contributed by atoms with Crippen LogP contribution in [0.25, 0.3) is 0 Å². The summed E-state index contributed by atoms with van der Waals surface area (Å²) in [4.78, 5) is 0. The monoisotopic (exact) mass is 286 g/mol. The molecule has 1 atom stereocenters. The van der Waals surface area contributed by atoms with Crippen molar-refractivity contribution in [2.24, 2.45) is 0 Å². The lowest BCUT2D eigenvalue weighted by molar-refractivity contribution is 0.410. The van der Waals surface area contributed by atoms with Crippen LogP contribution in [-0.4, -0.2) is 7.11 Å². The van der Waals surface area contributed by atoms with E-state index in [4.69, 9.17) is 27.9 Å². The minimum absolute atomic E-state index is 0.227. The second-order valence-electron chi connectivity index (χ2n) is 3.76. The Bertz CT molecular complexity index is 522. The fourth-order valence-corrected chi connectivity index (χ4v) is 3.24. The standard InChI is InChI=1S/C13H12Cl2OS/c1-8-6-17-7-11(8)13(15)10-5-9(14)3-4-12(10)16-2/h3-7,13H,1-2H3. The van der Waals surface area contributed by atoms with Gasteiger partial charge >= 0.3 is 0 Å². The number of hydrogen-bond acceptors (Lipinski definition) is 2. The molecular formula is C13H12Cl2OS. The van der Waals surface area contributed by atoms with Crippen molar-refractivity contribution in [1.82, 2.24) is 0 Å². The normalized spacial score (nSPS) is 12.5. The molecule has 0 aliphatic carbocycles. The van der Waals surface area contributed by atoms with Gasteiger partial charge in [-0.05, 0) is 47.0 Å². The highest BCUT2D eigenvalue weighted by atomic mass is 35.5. The fraction of sp³-hybridized carbons (Fsp3) is 0.231. The molecule has 0 amide bonds. The Balaban J connectivity index is 2.46. The van der Waals surface area contributed by atoms with Gasteiger partial charge in [-0.25, -0.2) is 0 Å². The molecule has 1 aromatic heterocycles. The van der Waals surface area contributed by atoms with Gasteiger partial charge in [0.25, 0.3) is 0 Å². The van der Waals surface area contributed by atoms with E-state index in [0.29, 0.717) is 5.02 Å². The van der Waals surface area contributed by atoms with E-state index in [1.54, 1.807) is 24.5 Å². The molecule has 0 spiro atoms. The zero-order valence-corrected chi connectivity index (χ0v) is 11.9. The van der Waals surface area contributed by atoms with Crippen molar-refractivity contribution in [3.63, 3.8) is 0 Å². The van der Waals surface area contributed by atoms with Crippen molar-refractivity contribution < 1.29 is 4.74 Å². The molecule has 1 heterocycles. The SMILES string of the molecule is COc1ccc(Cl)cc1C(Cl)c1cscc1C. The topological polar surface area (TPSA) is 9.23 Å². The van der Waals surface area contributed by atoms with Gasteiger partial charge in [0, 0.05) is 10.6 Å². The highest BCUT2D eigenvalue weighted by Gasteiger charge is 2.18. The molecule has 2 aromatic rings. The first-order valence-electron chi connectivity index (χ1n) is 5.13. The summed E-state index contributed by atoms with van der Waals surface area (Å²) in [7, 11) is 1.64. The molecule has 1 aromatic carbocycles. The number of hydrogen-bond donors (Lipinski definition) is 0. The van der Waals surface area contributed by atoms with E-state index in [1.807, 2.05) is 12.1 Å². The van der Waals surface area contributed by atoms with E-state index < -0.39 is 0 Å². The number of alkyl halides is 1. The van der Waals surface area contributed by atoms with E-state index in [0.717, 1.165) is 16.9 Å².